The number of nitrogens with one attached hydrogen (secondary N) is 1. The molecule has 1 N–H and O–H groups in total. The Morgan fingerprint density at radius 3 is 2.80 bits per heavy atom. The number of hydrogen-bond acceptors (Lipinski definition) is 4. The first-order valence-electron chi connectivity index (χ1n) is 6.30. The summed E-state index contributed by atoms with van der Waals surface area (Å²) in [5.74, 6) is 1.85. The van der Waals surface area contributed by atoms with E-state index in [4.69, 9.17) is 4.74 Å². The van der Waals surface area contributed by atoms with Crippen molar-refractivity contribution in [2.75, 3.05) is 11.9 Å². The van der Waals surface area contributed by atoms with Crippen LogP contribution in [0.1, 0.15) is 18.9 Å². The zero-order valence-electron chi connectivity index (χ0n) is 11.3. The maximum absolute atomic E-state index is 5.86. The van der Waals surface area contributed by atoms with Gasteiger partial charge in [-0.1, -0.05) is 22.9 Å². The van der Waals surface area contributed by atoms with Gasteiger partial charge in [-0.3, -0.25) is 0 Å². The van der Waals surface area contributed by atoms with Crippen LogP contribution < -0.4 is 10.1 Å². The third-order valence-corrected chi connectivity index (χ3v) is 3.63. The van der Waals surface area contributed by atoms with Crippen LogP contribution in [0.3, 0.4) is 0 Å². The molecular formula is C14H15Br2N3O. The topological polar surface area (TPSA) is 47.0 Å². The number of aromatic nitrogens is 2. The molecule has 0 saturated heterocycles. The van der Waals surface area contributed by atoms with Gasteiger partial charge < -0.3 is 10.1 Å². The molecule has 0 amide bonds. The Labute approximate surface area is 135 Å². The predicted molar refractivity (Wildman–Crippen MR) is 87.5 cm³/mol. The van der Waals surface area contributed by atoms with Crippen LogP contribution in [0.5, 0.6) is 11.6 Å². The van der Waals surface area contributed by atoms with Gasteiger partial charge in [0.1, 0.15) is 5.75 Å². The standard InChI is InChI=1S/C14H15Br2N3O/c1-3-6-17-14-18-8-11(16)13(19-14)20-12-5-4-10(15)7-9(12)2/h4-5,7-8H,3,6H2,1-2H3,(H,17,18,19). The van der Waals surface area contributed by atoms with E-state index in [1.54, 1.807) is 6.20 Å². The van der Waals surface area contributed by atoms with Crippen LogP contribution in [0.25, 0.3) is 0 Å². The molecule has 6 heteroatoms. The van der Waals surface area contributed by atoms with Crippen molar-refractivity contribution in [1.82, 2.24) is 9.97 Å². The molecule has 0 aliphatic carbocycles. The quantitative estimate of drug-likeness (QED) is 0.773. The van der Waals surface area contributed by atoms with Crippen molar-refractivity contribution < 1.29 is 4.74 Å². The molecule has 1 aromatic carbocycles. The molecule has 0 aliphatic rings. The van der Waals surface area contributed by atoms with Gasteiger partial charge in [-0.2, -0.15) is 4.98 Å². The Hall–Kier alpha value is -1.14. The molecule has 1 heterocycles. The summed E-state index contributed by atoms with van der Waals surface area (Å²) < 4.78 is 7.60. The highest BCUT2D eigenvalue weighted by Crippen LogP contribution is 2.31. The van der Waals surface area contributed by atoms with Crippen molar-refractivity contribution in [3.05, 3.63) is 38.9 Å². The predicted octanol–water partition coefficient (Wildman–Crippen LogP) is 4.92. The van der Waals surface area contributed by atoms with Gasteiger partial charge in [0.25, 0.3) is 0 Å². The highest BCUT2D eigenvalue weighted by Gasteiger charge is 2.09. The molecule has 2 rings (SSSR count). The normalized spacial score (nSPS) is 10.4. The van der Waals surface area contributed by atoms with Crippen LogP contribution in [0, 0.1) is 6.92 Å². The van der Waals surface area contributed by atoms with Gasteiger partial charge >= 0.3 is 0 Å². The average Bonchev–Trinajstić information content (AvgIpc) is 2.42. The number of nitrogens with zero attached hydrogens (tertiary/aromatic N) is 2. The van der Waals surface area contributed by atoms with Crippen molar-refractivity contribution in [1.29, 1.82) is 0 Å². The third-order valence-electron chi connectivity index (χ3n) is 2.59. The van der Waals surface area contributed by atoms with E-state index in [2.05, 4.69) is 54.1 Å². The Morgan fingerprint density at radius 2 is 2.10 bits per heavy atom. The summed E-state index contributed by atoms with van der Waals surface area (Å²) in [7, 11) is 0. The molecule has 0 saturated carbocycles. The van der Waals surface area contributed by atoms with Crippen LogP contribution in [0.15, 0.2) is 33.3 Å². The maximum atomic E-state index is 5.86. The number of anilines is 1. The molecular weight excluding hydrogens is 386 g/mol. The third kappa shape index (κ3) is 3.93. The highest BCUT2D eigenvalue weighted by molar-refractivity contribution is 9.10. The number of ether oxygens (including phenoxy) is 1. The molecule has 0 bridgehead atoms. The molecule has 2 aromatic rings. The second-order valence-electron chi connectivity index (χ2n) is 4.29. The van der Waals surface area contributed by atoms with E-state index in [0.717, 1.165) is 33.2 Å². The summed E-state index contributed by atoms with van der Waals surface area (Å²) in [6, 6.07) is 5.85. The van der Waals surface area contributed by atoms with E-state index in [-0.39, 0.29) is 0 Å². The molecule has 106 valence electrons. The van der Waals surface area contributed by atoms with Crippen LogP contribution in [-0.4, -0.2) is 16.5 Å². The average molecular weight is 401 g/mol. The molecule has 0 aliphatic heterocycles. The van der Waals surface area contributed by atoms with Crippen LogP contribution in [0.4, 0.5) is 5.95 Å². The number of hydrogen-bond donors (Lipinski definition) is 1. The lowest BCUT2D eigenvalue weighted by atomic mass is 10.2. The molecule has 0 radical (unpaired) electrons. The van der Waals surface area contributed by atoms with Crippen molar-refractivity contribution in [3.63, 3.8) is 0 Å². The Bertz CT molecular complexity index is 605. The first-order valence-corrected chi connectivity index (χ1v) is 7.89. The van der Waals surface area contributed by atoms with Gasteiger partial charge in [0.2, 0.25) is 11.8 Å². The van der Waals surface area contributed by atoms with E-state index >= 15 is 0 Å². The summed E-state index contributed by atoms with van der Waals surface area (Å²) in [5, 5.41) is 3.14. The van der Waals surface area contributed by atoms with E-state index in [1.807, 2.05) is 25.1 Å². The van der Waals surface area contributed by atoms with E-state index in [9.17, 15) is 0 Å². The van der Waals surface area contributed by atoms with Crippen LogP contribution in [-0.2, 0) is 0 Å². The number of rotatable bonds is 5. The Morgan fingerprint density at radius 1 is 1.30 bits per heavy atom. The molecule has 20 heavy (non-hydrogen) atoms. The fourth-order valence-corrected chi connectivity index (χ4v) is 2.32. The second-order valence-corrected chi connectivity index (χ2v) is 6.06. The Balaban J connectivity index is 2.23. The number of benzene rings is 1. The van der Waals surface area contributed by atoms with Gasteiger partial charge in [-0.25, -0.2) is 4.98 Å². The summed E-state index contributed by atoms with van der Waals surface area (Å²) >= 11 is 6.84. The summed E-state index contributed by atoms with van der Waals surface area (Å²) in [6.07, 6.45) is 2.70. The van der Waals surface area contributed by atoms with Gasteiger partial charge in [0, 0.05) is 11.0 Å². The minimum atomic E-state index is 0.504. The first kappa shape index (κ1) is 15.3. The summed E-state index contributed by atoms with van der Waals surface area (Å²) in [6.45, 7) is 4.91. The monoisotopic (exact) mass is 399 g/mol. The lowest BCUT2D eigenvalue weighted by molar-refractivity contribution is 0.455. The fraction of sp³-hybridized carbons (Fsp3) is 0.286. The van der Waals surface area contributed by atoms with Crippen LogP contribution >= 0.6 is 31.9 Å². The fourth-order valence-electron chi connectivity index (χ4n) is 1.58. The zero-order chi connectivity index (χ0) is 14.5. The molecule has 1 aromatic heterocycles. The molecule has 0 atom stereocenters. The molecule has 0 unspecified atom stereocenters. The lowest BCUT2D eigenvalue weighted by Crippen LogP contribution is -2.05. The van der Waals surface area contributed by atoms with Crippen molar-refractivity contribution in [2.24, 2.45) is 0 Å². The van der Waals surface area contributed by atoms with Crippen molar-refractivity contribution in [3.8, 4) is 11.6 Å². The molecule has 4 nitrogen and oxygen atoms in total. The molecule has 0 spiro atoms. The lowest BCUT2D eigenvalue weighted by Gasteiger charge is -2.11. The van der Waals surface area contributed by atoms with E-state index < -0.39 is 0 Å². The largest absolute Gasteiger partial charge is 0.437 e. The summed E-state index contributed by atoms with van der Waals surface area (Å²) in [4.78, 5) is 8.56. The molecule has 0 fully saturated rings. The number of aryl methyl sites for hydroxylation is 1. The van der Waals surface area contributed by atoms with Crippen molar-refractivity contribution in [2.45, 2.75) is 20.3 Å². The summed E-state index contributed by atoms with van der Waals surface area (Å²) in [5.41, 5.74) is 1.04. The van der Waals surface area contributed by atoms with Crippen LogP contribution in [0.2, 0.25) is 0 Å². The minimum Gasteiger partial charge on any atom is -0.437 e. The zero-order valence-corrected chi connectivity index (χ0v) is 14.5. The van der Waals surface area contributed by atoms with E-state index in [0.29, 0.717) is 11.8 Å². The van der Waals surface area contributed by atoms with Gasteiger partial charge in [-0.15, -0.1) is 0 Å². The van der Waals surface area contributed by atoms with Gasteiger partial charge in [0.05, 0.1) is 10.7 Å². The van der Waals surface area contributed by atoms with Gasteiger partial charge in [-0.05, 0) is 53.0 Å². The smallest absolute Gasteiger partial charge is 0.238 e. The first-order chi connectivity index (χ1) is 9.60. The van der Waals surface area contributed by atoms with Gasteiger partial charge in [0.15, 0.2) is 0 Å². The van der Waals surface area contributed by atoms with E-state index in [1.165, 1.54) is 0 Å². The second kappa shape index (κ2) is 7.04. The highest BCUT2D eigenvalue weighted by atomic mass is 79.9. The minimum absolute atomic E-state index is 0.504. The Kier molecular flexibility index (Phi) is 5.37. The SMILES string of the molecule is CCCNc1ncc(Br)c(Oc2ccc(Br)cc2C)n1. The maximum Gasteiger partial charge on any atom is 0.238 e. The number of halogens is 2. The van der Waals surface area contributed by atoms with Crippen molar-refractivity contribution >= 4 is 37.8 Å².